The molecule has 0 atom stereocenters. The molecule has 0 aliphatic heterocycles. The van der Waals surface area contributed by atoms with Crippen LogP contribution in [0.5, 0.6) is 17.2 Å². The number of hydrogen-bond donors (Lipinski definition) is 1. The van der Waals surface area contributed by atoms with Crippen LogP contribution in [0.3, 0.4) is 0 Å². The number of anilines is 2. The van der Waals surface area contributed by atoms with E-state index in [-0.39, 0.29) is 30.3 Å². The van der Waals surface area contributed by atoms with Crippen LogP contribution in [0, 0.1) is 11.6 Å². The van der Waals surface area contributed by atoms with E-state index in [9.17, 15) is 8.78 Å². The number of halogens is 2. The number of ether oxygens (including phenoxy) is 4. The van der Waals surface area contributed by atoms with Crippen LogP contribution < -0.4 is 19.5 Å². The molecule has 0 radical (unpaired) electrons. The number of hydrogen-bond acceptors (Lipinski definition) is 10. The second-order valence-corrected chi connectivity index (χ2v) is 8.40. The second-order valence-electron chi connectivity index (χ2n) is 8.40. The van der Waals surface area contributed by atoms with Crippen LogP contribution in [0.2, 0.25) is 0 Å². The molecule has 4 aromatic heterocycles. The van der Waals surface area contributed by atoms with Crippen LogP contribution in [0.1, 0.15) is 5.56 Å². The van der Waals surface area contributed by atoms with Gasteiger partial charge in [0.2, 0.25) is 0 Å². The van der Waals surface area contributed by atoms with Gasteiger partial charge in [-0.2, -0.15) is 5.10 Å². The van der Waals surface area contributed by atoms with Crippen LogP contribution in [-0.2, 0) is 11.3 Å². The molecule has 0 amide bonds. The Labute approximate surface area is 227 Å². The van der Waals surface area contributed by atoms with Gasteiger partial charge in [0.1, 0.15) is 29.5 Å². The Hall–Kier alpha value is -4.91. The van der Waals surface area contributed by atoms with Gasteiger partial charge in [-0.05, 0) is 18.2 Å². The summed E-state index contributed by atoms with van der Waals surface area (Å²) < 4.78 is 52.5. The van der Waals surface area contributed by atoms with Crippen molar-refractivity contribution in [3.63, 3.8) is 0 Å². The molecular weight excluding hydrogens is 524 g/mol. The normalized spacial score (nSPS) is 11.0. The fraction of sp³-hybridized carbons (Fsp3) is 0.222. The third kappa shape index (κ3) is 5.45. The van der Waals surface area contributed by atoms with Gasteiger partial charge in [0, 0.05) is 37.2 Å². The molecule has 0 saturated carbocycles. The fourth-order valence-corrected chi connectivity index (χ4v) is 3.98. The molecule has 0 spiro atoms. The zero-order chi connectivity index (χ0) is 28.1. The van der Waals surface area contributed by atoms with Gasteiger partial charge in [0.05, 0.1) is 51.0 Å². The first kappa shape index (κ1) is 26.7. The number of nitrogens with zero attached hydrogens (tertiary/aromatic N) is 6. The number of methoxy groups -OCH3 is 3. The van der Waals surface area contributed by atoms with Gasteiger partial charge in [0.25, 0.3) is 0 Å². The fourth-order valence-electron chi connectivity index (χ4n) is 3.98. The molecule has 13 heteroatoms. The molecule has 1 N–H and O–H groups in total. The molecule has 40 heavy (non-hydrogen) atoms. The Kier molecular flexibility index (Phi) is 7.92. The summed E-state index contributed by atoms with van der Waals surface area (Å²) in [4.78, 5) is 17.5. The van der Waals surface area contributed by atoms with Gasteiger partial charge >= 0.3 is 0 Å². The first-order chi connectivity index (χ1) is 19.5. The highest BCUT2D eigenvalue weighted by molar-refractivity contribution is 5.88. The van der Waals surface area contributed by atoms with E-state index in [0.717, 1.165) is 12.1 Å². The molecule has 5 aromatic rings. The van der Waals surface area contributed by atoms with Crippen molar-refractivity contribution in [3.05, 3.63) is 72.3 Å². The van der Waals surface area contributed by atoms with Crippen molar-refractivity contribution in [2.24, 2.45) is 0 Å². The highest BCUT2D eigenvalue weighted by atomic mass is 19.1. The maximum absolute atomic E-state index is 15.0. The summed E-state index contributed by atoms with van der Waals surface area (Å²) in [6.45, 7) is 0.259. The van der Waals surface area contributed by atoms with E-state index in [1.165, 1.54) is 32.2 Å². The van der Waals surface area contributed by atoms with Gasteiger partial charge < -0.3 is 24.3 Å². The van der Waals surface area contributed by atoms with Crippen molar-refractivity contribution in [2.45, 2.75) is 6.54 Å². The number of fused-ring (bicyclic) bond motifs is 1. The molecule has 5 rings (SSSR count). The number of aromatic nitrogens is 6. The van der Waals surface area contributed by atoms with E-state index in [1.54, 1.807) is 36.8 Å². The summed E-state index contributed by atoms with van der Waals surface area (Å²) in [5, 5.41) is 7.77. The highest BCUT2D eigenvalue weighted by Gasteiger charge is 2.21. The van der Waals surface area contributed by atoms with Gasteiger partial charge in [-0.1, -0.05) is 0 Å². The van der Waals surface area contributed by atoms with Crippen LogP contribution in [-0.4, -0.2) is 64.3 Å². The van der Waals surface area contributed by atoms with E-state index in [1.807, 2.05) is 0 Å². The molecule has 0 aliphatic rings. The smallest absolute Gasteiger partial charge is 0.184 e. The maximum atomic E-state index is 15.0. The summed E-state index contributed by atoms with van der Waals surface area (Å²) in [5.74, 6) is -0.0177. The van der Waals surface area contributed by atoms with Gasteiger partial charge in [0.15, 0.2) is 28.8 Å². The summed E-state index contributed by atoms with van der Waals surface area (Å²) in [5.41, 5.74) is 1.75. The molecule has 0 bridgehead atoms. The number of pyridine rings is 2. The van der Waals surface area contributed by atoms with Crippen molar-refractivity contribution < 1.29 is 27.7 Å². The van der Waals surface area contributed by atoms with Crippen molar-refractivity contribution in [2.75, 3.05) is 39.9 Å². The average Bonchev–Trinajstić information content (AvgIpc) is 3.34. The minimum Gasteiger partial charge on any atom is -0.493 e. The standard InChI is InChI=1S/C27H25F2N7O4/c1-37-9-10-40-16-11-18(28)17(19(29)12-16)15-36-21-5-4-7-31-24(21)25(35-36)27-32-14-23(39-3)26(34-27)33-20-6-8-30-13-22(20)38-2/h4-8,11-14H,9-10,15H2,1-3H3,(H,30,32,33,34). The molecule has 0 fully saturated rings. The lowest BCUT2D eigenvalue weighted by Gasteiger charge is -2.13. The Morgan fingerprint density at radius 3 is 2.48 bits per heavy atom. The van der Waals surface area contributed by atoms with E-state index in [4.69, 9.17) is 18.9 Å². The minimum absolute atomic E-state index is 0.0703. The lowest BCUT2D eigenvalue weighted by molar-refractivity contribution is 0.146. The SMILES string of the molecule is COCCOc1cc(F)c(Cn2nc(-c3ncc(OC)c(Nc4ccncc4OC)n3)c3ncccc32)c(F)c1. The molecule has 206 valence electrons. The summed E-state index contributed by atoms with van der Waals surface area (Å²) in [7, 11) is 4.54. The predicted octanol–water partition coefficient (Wildman–Crippen LogP) is 4.40. The van der Waals surface area contributed by atoms with Crippen molar-refractivity contribution in [3.8, 4) is 28.8 Å². The molecule has 1 aromatic carbocycles. The molecule has 0 unspecified atom stereocenters. The third-order valence-corrected chi connectivity index (χ3v) is 5.93. The number of nitrogens with one attached hydrogen (secondary N) is 1. The average molecular weight is 550 g/mol. The van der Waals surface area contributed by atoms with Crippen LogP contribution in [0.25, 0.3) is 22.6 Å². The Balaban J connectivity index is 1.52. The highest BCUT2D eigenvalue weighted by Crippen LogP contribution is 2.33. The third-order valence-electron chi connectivity index (χ3n) is 5.93. The van der Waals surface area contributed by atoms with Gasteiger partial charge in [-0.15, -0.1) is 0 Å². The molecule has 4 heterocycles. The number of benzene rings is 1. The van der Waals surface area contributed by atoms with Gasteiger partial charge in [-0.25, -0.2) is 18.7 Å². The quantitative estimate of drug-likeness (QED) is 0.238. The van der Waals surface area contributed by atoms with Crippen molar-refractivity contribution in [1.29, 1.82) is 0 Å². The van der Waals surface area contributed by atoms with Crippen LogP contribution in [0.15, 0.2) is 55.1 Å². The summed E-state index contributed by atoms with van der Waals surface area (Å²) in [6.07, 6.45) is 6.26. The second kappa shape index (κ2) is 11.9. The van der Waals surface area contributed by atoms with E-state index in [2.05, 4.69) is 30.4 Å². The topological polar surface area (TPSA) is 118 Å². The molecule has 0 saturated heterocycles. The zero-order valence-electron chi connectivity index (χ0n) is 21.9. The van der Waals surface area contributed by atoms with E-state index in [0.29, 0.717) is 46.3 Å². The van der Waals surface area contributed by atoms with Crippen LogP contribution in [0.4, 0.5) is 20.3 Å². The van der Waals surface area contributed by atoms with Crippen molar-refractivity contribution in [1.82, 2.24) is 29.7 Å². The van der Waals surface area contributed by atoms with Gasteiger partial charge in [-0.3, -0.25) is 14.6 Å². The lowest BCUT2D eigenvalue weighted by atomic mass is 10.2. The molecular formula is C27H25F2N7O4. The first-order valence-corrected chi connectivity index (χ1v) is 12.1. The Morgan fingerprint density at radius 2 is 1.73 bits per heavy atom. The summed E-state index contributed by atoms with van der Waals surface area (Å²) >= 11 is 0. The monoisotopic (exact) mass is 549 g/mol. The van der Waals surface area contributed by atoms with Crippen molar-refractivity contribution >= 4 is 22.5 Å². The van der Waals surface area contributed by atoms with Crippen LogP contribution >= 0.6 is 0 Å². The lowest BCUT2D eigenvalue weighted by Crippen LogP contribution is -2.09. The Bertz CT molecular complexity index is 1620. The zero-order valence-corrected chi connectivity index (χ0v) is 21.9. The maximum Gasteiger partial charge on any atom is 0.184 e. The largest absolute Gasteiger partial charge is 0.493 e. The predicted molar refractivity (Wildman–Crippen MR) is 142 cm³/mol. The minimum atomic E-state index is -0.764. The van der Waals surface area contributed by atoms with E-state index >= 15 is 0 Å². The summed E-state index contributed by atoms with van der Waals surface area (Å²) in [6, 6.07) is 7.46. The molecule has 0 aliphatic carbocycles. The number of rotatable bonds is 11. The molecule has 11 nitrogen and oxygen atoms in total. The Morgan fingerprint density at radius 1 is 0.925 bits per heavy atom. The first-order valence-electron chi connectivity index (χ1n) is 12.1. The van der Waals surface area contributed by atoms with E-state index < -0.39 is 11.6 Å².